The Morgan fingerprint density at radius 1 is 1.04 bits per heavy atom. The van der Waals surface area contributed by atoms with E-state index < -0.39 is 0 Å². The lowest BCUT2D eigenvalue weighted by Gasteiger charge is -2.22. The van der Waals surface area contributed by atoms with Crippen LogP contribution in [-0.4, -0.2) is 26.8 Å². The largest absolute Gasteiger partial charge is 0.511 e. The average molecular weight is 359 g/mol. The summed E-state index contributed by atoms with van der Waals surface area (Å²) in [7, 11) is 0. The van der Waals surface area contributed by atoms with Crippen molar-refractivity contribution in [2.45, 2.75) is 18.8 Å². The number of fused-ring (bicyclic) bond motifs is 1. The Kier molecular flexibility index (Phi) is 4.38. The van der Waals surface area contributed by atoms with Gasteiger partial charge in [-0.05, 0) is 23.6 Å². The zero-order chi connectivity index (χ0) is 18.8. The molecule has 3 aromatic rings. The van der Waals surface area contributed by atoms with E-state index in [2.05, 4.69) is 10.1 Å². The van der Waals surface area contributed by atoms with Gasteiger partial charge >= 0.3 is 0 Å². The summed E-state index contributed by atoms with van der Waals surface area (Å²) in [6, 6.07) is 16.6. The third-order valence-corrected chi connectivity index (χ3v) is 4.71. The molecule has 134 valence electrons. The highest BCUT2D eigenvalue weighted by Gasteiger charge is 2.27. The van der Waals surface area contributed by atoms with Crippen molar-refractivity contribution in [1.82, 2.24) is 9.66 Å². The van der Waals surface area contributed by atoms with Crippen molar-refractivity contribution >= 4 is 22.9 Å². The van der Waals surface area contributed by atoms with Crippen LogP contribution in [0.4, 0.5) is 0 Å². The number of ketones is 1. The molecule has 0 amide bonds. The normalized spacial score (nSPS) is 17.8. The highest BCUT2D eigenvalue weighted by molar-refractivity contribution is 6.14. The van der Waals surface area contributed by atoms with E-state index in [1.165, 1.54) is 12.5 Å². The number of rotatable bonds is 3. The molecule has 1 N–H and O–H groups in total. The minimum atomic E-state index is -0.331. The Hall–Kier alpha value is -3.54. The molecule has 0 radical (unpaired) electrons. The number of Topliss-reactive ketones (excluding diaryl/α,β-unsaturated/α-hetero) is 1. The van der Waals surface area contributed by atoms with E-state index in [1.54, 1.807) is 24.3 Å². The molecule has 0 bridgehead atoms. The van der Waals surface area contributed by atoms with Gasteiger partial charge in [-0.3, -0.25) is 9.59 Å². The van der Waals surface area contributed by atoms with Gasteiger partial charge in [0.05, 0.1) is 22.7 Å². The highest BCUT2D eigenvalue weighted by atomic mass is 16.3. The Balaban J connectivity index is 1.63. The molecule has 27 heavy (non-hydrogen) atoms. The molecule has 1 heterocycles. The summed E-state index contributed by atoms with van der Waals surface area (Å²) < 4.78 is 1.07. The molecular formula is C21H17N3O3. The van der Waals surface area contributed by atoms with E-state index in [-0.39, 0.29) is 28.6 Å². The lowest BCUT2D eigenvalue weighted by atomic mass is 9.83. The molecule has 0 fully saturated rings. The molecule has 0 aliphatic heterocycles. The summed E-state index contributed by atoms with van der Waals surface area (Å²) in [4.78, 5) is 29.1. The van der Waals surface area contributed by atoms with E-state index in [4.69, 9.17) is 0 Å². The summed E-state index contributed by atoms with van der Waals surface area (Å²) >= 11 is 0. The predicted molar refractivity (Wildman–Crippen MR) is 103 cm³/mol. The predicted octanol–water partition coefficient (Wildman–Crippen LogP) is 3.19. The summed E-state index contributed by atoms with van der Waals surface area (Å²) in [5.74, 6) is -0.260. The van der Waals surface area contributed by atoms with Crippen LogP contribution in [0.3, 0.4) is 0 Å². The van der Waals surface area contributed by atoms with Crippen LogP contribution in [0.25, 0.3) is 10.9 Å². The number of nitrogens with zero attached hydrogens (tertiary/aromatic N) is 3. The number of aromatic nitrogens is 2. The number of allylic oxidation sites excluding steroid dienone is 2. The van der Waals surface area contributed by atoms with Crippen LogP contribution in [0.1, 0.15) is 24.3 Å². The van der Waals surface area contributed by atoms with Gasteiger partial charge in [0, 0.05) is 12.8 Å². The first-order valence-electron chi connectivity index (χ1n) is 8.64. The Morgan fingerprint density at radius 2 is 1.78 bits per heavy atom. The van der Waals surface area contributed by atoms with Crippen molar-refractivity contribution in [2.24, 2.45) is 5.10 Å². The number of aliphatic hydroxyl groups is 1. The van der Waals surface area contributed by atoms with Gasteiger partial charge in [0.1, 0.15) is 12.1 Å². The van der Waals surface area contributed by atoms with E-state index in [0.29, 0.717) is 23.7 Å². The first-order valence-corrected chi connectivity index (χ1v) is 8.64. The minimum absolute atomic E-state index is 0.00866. The van der Waals surface area contributed by atoms with E-state index in [1.807, 2.05) is 30.3 Å². The second kappa shape index (κ2) is 6.99. The molecule has 1 aliphatic rings. The SMILES string of the molecule is O=C1CC(c2ccccc2)CC(O)=C1C=Nn1cnc2ccccc2c1=O. The van der Waals surface area contributed by atoms with Crippen LogP contribution in [0, 0.1) is 0 Å². The summed E-state index contributed by atoms with van der Waals surface area (Å²) in [5.41, 5.74) is 1.41. The Bertz CT molecular complexity index is 1130. The highest BCUT2D eigenvalue weighted by Crippen LogP contribution is 2.32. The molecule has 6 heteroatoms. The molecule has 6 nitrogen and oxygen atoms in total. The quantitative estimate of drug-likeness (QED) is 0.728. The smallest absolute Gasteiger partial charge is 0.281 e. The van der Waals surface area contributed by atoms with Crippen LogP contribution < -0.4 is 5.56 Å². The molecule has 0 spiro atoms. The summed E-state index contributed by atoms with van der Waals surface area (Å²) in [6.45, 7) is 0. The van der Waals surface area contributed by atoms with Gasteiger partial charge < -0.3 is 5.11 Å². The average Bonchev–Trinajstić information content (AvgIpc) is 2.69. The van der Waals surface area contributed by atoms with E-state index in [0.717, 1.165) is 10.2 Å². The monoisotopic (exact) mass is 359 g/mol. The number of hydrogen-bond acceptors (Lipinski definition) is 5. The second-order valence-electron chi connectivity index (χ2n) is 6.46. The lowest BCUT2D eigenvalue weighted by molar-refractivity contribution is -0.116. The Labute approximate surface area is 155 Å². The topological polar surface area (TPSA) is 84.5 Å². The number of aliphatic hydroxyl groups excluding tert-OH is 1. The van der Waals surface area contributed by atoms with Gasteiger partial charge in [-0.2, -0.15) is 9.78 Å². The number of benzene rings is 2. The van der Waals surface area contributed by atoms with Crippen molar-refractivity contribution in [3.8, 4) is 0 Å². The third-order valence-electron chi connectivity index (χ3n) is 4.71. The number of carbonyl (C=O) groups excluding carboxylic acids is 1. The molecule has 0 saturated carbocycles. The maximum absolute atomic E-state index is 12.5. The zero-order valence-corrected chi connectivity index (χ0v) is 14.4. The number of hydrogen-bond donors (Lipinski definition) is 1. The van der Waals surface area contributed by atoms with Gasteiger partial charge in [-0.1, -0.05) is 42.5 Å². The van der Waals surface area contributed by atoms with Gasteiger partial charge in [0.15, 0.2) is 5.78 Å². The van der Waals surface area contributed by atoms with Crippen molar-refractivity contribution < 1.29 is 9.90 Å². The fourth-order valence-corrected chi connectivity index (χ4v) is 3.28. The Morgan fingerprint density at radius 3 is 2.56 bits per heavy atom. The van der Waals surface area contributed by atoms with Gasteiger partial charge in [-0.15, -0.1) is 0 Å². The molecule has 2 aromatic carbocycles. The maximum atomic E-state index is 12.5. The van der Waals surface area contributed by atoms with Crippen molar-refractivity contribution in [3.63, 3.8) is 0 Å². The summed E-state index contributed by atoms with van der Waals surface area (Å²) in [6.07, 6.45) is 3.21. The van der Waals surface area contributed by atoms with E-state index in [9.17, 15) is 14.7 Å². The number of para-hydroxylation sites is 1. The van der Waals surface area contributed by atoms with Gasteiger partial charge in [-0.25, -0.2) is 4.98 Å². The van der Waals surface area contributed by atoms with Crippen LogP contribution in [0.2, 0.25) is 0 Å². The maximum Gasteiger partial charge on any atom is 0.281 e. The minimum Gasteiger partial charge on any atom is -0.511 e. The van der Waals surface area contributed by atoms with Crippen LogP contribution in [-0.2, 0) is 4.79 Å². The first kappa shape index (κ1) is 16.9. The van der Waals surface area contributed by atoms with Crippen molar-refractivity contribution in [2.75, 3.05) is 0 Å². The standard InChI is InChI=1S/C21H17N3O3/c25-19-10-15(14-6-2-1-3-7-14)11-20(26)17(19)12-23-24-13-22-18-9-5-4-8-16(18)21(24)27/h1-9,12-13,15,25H,10-11H2. The molecule has 1 atom stereocenters. The second-order valence-corrected chi connectivity index (χ2v) is 6.46. The van der Waals surface area contributed by atoms with Crippen LogP contribution in [0.5, 0.6) is 0 Å². The molecule has 4 rings (SSSR count). The molecule has 0 saturated heterocycles. The van der Waals surface area contributed by atoms with Crippen molar-refractivity contribution in [1.29, 1.82) is 0 Å². The van der Waals surface area contributed by atoms with Crippen LogP contribution >= 0.6 is 0 Å². The number of carbonyl (C=O) groups is 1. The summed E-state index contributed by atoms with van der Waals surface area (Å²) in [5, 5.41) is 14.9. The van der Waals surface area contributed by atoms with Gasteiger partial charge in [0.25, 0.3) is 5.56 Å². The van der Waals surface area contributed by atoms with Crippen LogP contribution in [0.15, 0.2) is 82.2 Å². The lowest BCUT2D eigenvalue weighted by Crippen LogP contribution is -2.21. The molecule has 1 aliphatic carbocycles. The first-order chi connectivity index (χ1) is 13.1. The third kappa shape index (κ3) is 3.29. The van der Waals surface area contributed by atoms with E-state index >= 15 is 0 Å². The fourth-order valence-electron chi connectivity index (χ4n) is 3.28. The molecular weight excluding hydrogens is 342 g/mol. The molecule has 1 aromatic heterocycles. The van der Waals surface area contributed by atoms with Crippen molar-refractivity contribution in [3.05, 3.63) is 88.2 Å². The zero-order valence-electron chi connectivity index (χ0n) is 14.4. The fraction of sp³-hybridized carbons (Fsp3) is 0.143. The molecule has 1 unspecified atom stereocenters. The van der Waals surface area contributed by atoms with Gasteiger partial charge in [0.2, 0.25) is 0 Å².